The predicted molar refractivity (Wildman–Crippen MR) is 127 cm³/mol. The predicted octanol–water partition coefficient (Wildman–Crippen LogP) is 4.66. The number of carbonyl (C=O) groups excluding carboxylic acids is 1. The number of fused-ring (bicyclic) bond motifs is 3. The average Bonchev–Trinajstić information content (AvgIpc) is 3.34. The smallest absolute Gasteiger partial charge is 0.399 e. The van der Waals surface area contributed by atoms with E-state index in [0.717, 1.165) is 48.5 Å². The van der Waals surface area contributed by atoms with Crippen LogP contribution in [0.3, 0.4) is 0 Å². The number of rotatable bonds is 5. The molecule has 0 unspecified atom stereocenters. The van der Waals surface area contributed by atoms with Crippen LogP contribution in [0, 0.1) is 11.3 Å². The molecule has 2 bridgehead atoms. The van der Waals surface area contributed by atoms with E-state index in [1.165, 1.54) is 6.07 Å². The minimum Gasteiger partial charge on any atom is -0.399 e. The summed E-state index contributed by atoms with van der Waals surface area (Å²) >= 11 is 0. The second kappa shape index (κ2) is 7.57. The fourth-order valence-electron chi connectivity index (χ4n) is 5.91. The number of amides is 1. The topological polar surface area (TPSA) is 101 Å². The largest absolute Gasteiger partial charge is 0.416 e. The van der Waals surface area contributed by atoms with Crippen LogP contribution in [-0.2, 0) is 24.1 Å². The number of nitrogens with zero attached hydrogens (tertiary/aromatic N) is 5. The minimum absolute atomic E-state index is 0.0384. The third-order valence-corrected chi connectivity index (χ3v) is 7.93. The fourth-order valence-corrected chi connectivity index (χ4v) is 5.91. The zero-order chi connectivity index (χ0) is 25.6. The van der Waals surface area contributed by atoms with E-state index in [2.05, 4.69) is 15.5 Å². The van der Waals surface area contributed by atoms with Gasteiger partial charge in [-0.05, 0) is 55.9 Å². The van der Waals surface area contributed by atoms with Gasteiger partial charge in [-0.25, -0.2) is 0 Å². The van der Waals surface area contributed by atoms with Crippen LogP contribution in [0.15, 0.2) is 18.2 Å². The van der Waals surface area contributed by atoms with Gasteiger partial charge >= 0.3 is 6.18 Å². The van der Waals surface area contributed by atoms with Crippen molar-refractivity contribution in [3.05, 3.63) is 46.4 Å². The van der Waals surface area contributed by atoms with Crippen molar-refractivity contribution < 1.29 is 18.0 Å². The van der Waals surface area contributed by atoms with E-state index in [1.807, 2.05) is 23.1 Å². The first-order valence-corrected chi connectivity index (χ1v) is 12.3. The van der Waals surface area contributed by atoms with Crippen molar-refractivity contribution in [2.24, 2.45) is 11.3 Å². The number of nitrogens with two attached hydrogens (primary N) is 1. The van der Waals surface area contributed by atoms with Gasteiger partial charge in [-0.15, -0.1) is 10.2 Å². The van der Waals surface area contributed by atoms with Crippen molar-refractivity contribution in [2.75, 3.05) is 11.1 Å². The molecule has 1 amide bonds. The van der Waals surface area contributed by atoms with Crippen molar-refractivity contribution in [3.63, 3.8) is 0 Å². The summed E-state index contributed by atoms with van der Waals surface area (Å²) in [6.45, 7) is 6.62. The molecule has 190 valence electrons. The zero-order valence-electron chi connectivity index (χ0n) is 20.4. The molecule has 2 aromatic heterocycles. The van der Waals surface area contributed by atoms with Gasteiger partial charge in [-0.3, -0.25) is 9.20 Å². The van der Waals surface area contributed by atoms with E-state index < -0.39 is 17.8 Å². The van der Waals surface area contributed by atoms with Gasteiger partial charge < -0.3 is 16.0 Å². The SMILES string of the molecule is CC(C)c1nnc2nc(N[C@H](C)c3cc(N)cc(C(F)(F)F)c3)c3c(n12)CN(C(=O)C12CC(C1)C2)C3. The third-order valence-electron chi connectivity index (χ3n) is 7.93. The van der Waals surface area contributed by atoms with Gasteiger partial charge in [-0.1, -0.05) is 13.8 Å². The number of aromatic nitrogens is 4. The van der Waals surface area contributed by atoms with Crippen LogP contribution in [0.5, 0.6) is 0 Å². The maximum Gasteiger partial charge on any atom is 0.416 e. The second-order valence-corrected chi connectivity index (χ2v) is 10.9. The van der Waals surface area contributed by atoms with Crippen molar-refractivity contribution in [3.8, 4) is 0 Å². The molecule has 3 aromatic rings. The number of anilines is 2. The second-order valence-electron chi connectivity index (χ2n) is 10.9. The van der Waals surface area contributed by atoms with E-state index in [0.29, 0.717) is 36.2 Å². The van der Waals surface area contributed by atoms with Gasteiger partial charge in [0.15, 0.2) is 0 Å². The van der Waals surface area contributed by atoms with Crippen LogP contribution in [-0.4, -0.2) is 30.4 Å². The lowest BCUT2D eigenvalue weighted by molar-refractivity contribution is -0.177. The Balaban J connectivity index is 1.38. The van der Waals surface area contributed by atoms with Crippen LogP contribution >= 0.6 is 0 Å². The molecule has 1 aromatic carbocycles. The fraction of sp³-hybridized carbons (Fsp3) is 0.520. The lowest BCUT2D eigenvalue weighted by Gasteiger charge is -2.61. The molecule has 3 saturated carbocycles. The molecule has 1 atom stereocenters. The number of halogens is 3. The number of hydrogen-bond acceptors (Lipinski definition) is 6. The standard InChI is InChI=1S/C25H28F3N7O/c1-12(2)21-32-33-23-31-20(30-13(3)15-4-16(25(26,27)28)6-17(29)5-15)18-10-34(11-19(18)35(21)23)22(36)24-7-14(8-24)9-24/h4-6,12-14H,7-11,29H2,1-3H3,(H,30,31,33)/t13-,14?,24?/m1/s1. The number of nitrogens with one attached hydrogen (secondary N) is 1. The van der Waals surface area contributed by atoms with E-state index >= 15 is 0 Å². The summed E-state index contributed by atoms with van der Waals surface area (Å²) in [6, 6.07) is 3.02. The summed E-state index contributed by atoms with van der Waals surface area (Å²) < 4.78 is 42.0. The first-order chi connectivity index (χ1) is 16.9. The molecule has 3 aliphatic carbocycles. The molecule has 1 aliphatic heterocycles. The molecule has 36 heavy (non-hydrogen) atoms. The van der Waals surface area contributed by atoms with Crippen molar-refractivity contribution in [1.29, 1.82) is 0 Å². The van der Waals surface area contributed by atoms with Crippen LogP contribution in [0.25, 0.3) is 5.78 Å². The average molecular weight is 500 g/mol. The Labute approximate surface area is 206 Å². The molecule has 3 fully saturated rings. The van der Waals surface area contributed by atoms with Crippen molar-refractivity contribution >= 4 is 23.2 Å². The summed E-state index contributed by atoms with van der Waals surface area (Å²) in [7, 11) is 0. The minimum atomic E-state index is -4.50. The zero-order valence-corrected chi connectivity index (χ0v) is 20.4. The van der Waals surface area contributed by atoms with E-state index in [1.54, 1.807) is 6.92 Å². The number of benzene rings is 1. The molecular formula is C25H28F3N7O. The molecule has 3 N–H and O–H groups in total. The first-order valence-electron chi connectivity index (χ1n) is 12.3. The van der Waals surface area contributed by atoms with Crippen LogP contribution < -0.4 is 11.1 Å². The Kier molecular flexibility index (Phi) is 4.84. The highest BCUT2D eigenvalue weighted by Gasteiger charge is 2.62. The number of alkyl halides is 3. The van der Waals surface area contributed by atoms with Crippen LogP contribution in [0.1, 0.15) is 80.2 Å². The van der Waals surface area contributed by atoms with Gasteiger partial charge in [0.1, 0.15) is 11.6 Å². The molecule has 3 heterocycles. The quantitative estimate of drug-likeness (QED) is 0.495. The Morgan fingerprint density at radius 3 is 2.47 bits per heavy atom. The molecule has 7 rings (SSSR count). The molecule has 4 aliphatic rings. The molecule has 11 heteroatoms. The molecule has 8 nitrogen and oxygen atoms in total. The molecular weight excluding hydrogens is 471 g/mol. The van der Waals surface area contributed by atoms with E-state index in [9.17, 15) is 18.0 Å². The molecule has 0 radical (unpaired) electrons. The summed E-state index contributed by atoms with van der Waals surface area (Å²) in [4.78, 5) is 20.0. The van der Waals surface area contributed by atoms with Gasteiger partial charge in [-0.2, -0.15) is 18.2 Å². The highest BCUT2D eigenvalue weighted by atomic mass is 19.4. The summed E-state index contributed by atoms with van der Waals surface area (Å²) in [5.74, 6) is 2.62. The first kappa shape index (κ1) is 23.1. The Hall–Kier alpha value is -3.37. The monoisotopic (exact) mass is 499 g/mol. The summed E-state index contributed by atoms with van der Waals surface area (Å²) in [5, 5.41) is 11.9. The summed E-state index contributed by atoms with van der Waals surface area (Å²) in [6.07, 6.45) is -1.60. The molecule has 0 spiro atoms. The van der Waals surface area contributed by atoms with Crippen LogP contribution in [0.2, 0.25) is 0 Å². The highest BCUT2D eigenvalue weighted by molar-refractivity contribution is 5.86. The molecule has 0 saturated heterocycles. The maximum atomic E-state index is 13.4. The van der Waals surface area contributed by atoms with E-state index in [4.69, 9.17) is 10.7 Å². The van der Waals surface area contributed by atoms with Gasteiger partial charge in [0, 0.05) is 17.2 Å². The Morgan fingerprint density at radius 1 is 1.14 bits per heavy atom. The number of hydrogen-bond donors (Lipinski definition) is 2. The van der Waals surface area contributed by atoms with Gasteiger partial charge in [0.25, 0.3) is 5.78 Å². The Morgan fingerprint density at radius 2 is 1.86 bits per heavy atom. The lowest BCUT2D eigenvalue weighted by Crippen LogP contribution is -2.60. The van der Waals surface area contributed by atoms with Crippen LogP contribution in [0.4, 0.5) is 24.7 Å². The van der Waals surface area contributed by atoms with Gasteiger partial charge in [0.05, 0.1) is 35.8 Å². The maximum absolute atomic E-state index is 13.4. The van der Waals surface area contributed by atoms with Crippen molar-refractivity contribution in [1.82, 2.24) is 24.5 Å². The Bertz CT molecular complexity index is 1380. The number of carbonyl (C=O) groups is 1. The van der Waals surface area contributed by atoms with E-state index in [-0.39, 0.29) is 22.9 Å². The third kappa shape index (κ3) is 3.42. The summed E-state index contributed by atoms with van der Waals surface area (Å²) in [5.41, 5.74) is 6.95. The van der Waals surface area contributed by atoms with Gasteiger partial charge in [0.2, 0.25) is 5.91 Å². The number of nitrogen functional groups attached to an aromatic ring is 1. The lowest BCUT2D eigenvalue weighted by atomic mass is 9.44. The normalized spacial score (nSPS) is 23.4. The highest BCUT2D eigenvalue weighted by Crippen LogP contribution is 2.65. The van der Waals surface area contributed by atoms with Crippen molar-refractivity contribution in [2.45, 2.75) is 71.3 Å².